The molecule has 1 fully saturated rings. The molecule has 3 N–H and O–H groups in total. The fourth-order valence-electron chi connectivity index (χ4n) is 2.59. The Labute approximate surface area is 132 Å². The van der Waals surface area contributed by atoms with E-state index in [1.165, 1.54) is 0 Å². The summed E-state index contributed by atoms with van der Waals surface area (Å²) < 4.78 is 0.939. The van der Waals surface area contributed by atoms with Crippen molar-refractivity contribution in [2.45, 2.75) is 19.0 Å². The number of aromatic amines is 1. The second-order valence-electron chi connectivity index (χ2n) is 5.26. The van der Waals surface area contributed by atoms with Crippen molar-refractivity contribution in [2.75, 3.05) is 13.1 Å². The highest BCUT2D eigenvalue weighted by Gasteiger charge is 2.24. The van der Waals surface area contributed by atoms with Crippen molar-refractivity contribution in [3.63, 3.8) is 0 Å². The Bertz CT molecular complexity index is 814. The van der Waals surface area contributed by atoms with Gasteiger partial charge in [0, 0.05) is 19.1 Å². The molecule has 3 rings (SSSR count). The van der Waals surface area contributed by atoms with Crippen molar-refractivity contribution in [1.82, 2.24) is 14.5 Å². The largest absolute Gasteiger partial charge is 0.340 e. The molecule has 7 nitrogen and oxygen atoms in total. The molecule has 1 saturated heterocycles. The van der Waals surface area contributed by atoms with Crippen LogP contribution in [0.5, 0.6) is 0 Å². The van der Waals surface area contributed by atoms with E-state index >= 15 is 0 Å². The first kappa shape index (κ1) is 16.3. The van der Waals surface area contributed by atoms with Gasteiger partial charge >= 0.3 is 5.69 Å². The standard InChI is InChI=1S/C14H16N4O3.ClH/c15-9-5-6-17(7-9)12(19)8-18-13(20)10-3-1-2-4-11(10)16-14(18)21;/h1-4,9H,5-8,15H2,(H,16,21);1H/t9-;/m1./s1. The Morgan fingerprint density at radius 3 is 2.73 bits per heavy atom. The number of carbonyl (C=O) groups excluding carboxylic acids is 1. The van der Waals surface area contributed by atoms with Crippen LogP contribution in [0, 0.1) is 0 Å². The smallest absolute Gasteiger partial charge is 0.329 e. The minimum atomic E-state index is -0.574. The minimum Gasteiger partial charge on any atom is -0.340 e. The van der Waals surface area contributed by atoms with Gasteiger partial charge in [-0.3, -0.25) is 14.2 Å². The first-order chi connectivity index (χ1) is 10.1. The summed E-state index contributed by atoms with van der Waals surface area (Å²) in [4.78, 5) is 40.7. The molecule has 1 aliphatic rings. The normalized spacial score (nSPS) is 17.5. The third-order valence-electron chi connectivity index (χ3n) is 3.76. The van der Waals surface area contributed by atoms with Gasteiger partial charge in [-0.05, 0) is 18.6 Å². The number of benzene rings is 1. The number of likely N-dealkylation sites (tertiary alicyclic amines) is 1. The van der Waals surface area contributed by atoms with Crippen LogP contribution in [0.2, 0.25) is 0 Å². The Balaban J connectivity index is 0.00000176. The molecule has 1 aliphatic heterocycles. The zero-order chi connectivity index (χ0) is 15.0. The number of amides is 1. The predicted octanol–water partition coefficient (Wildman–Crippen LogP) is -0.329. The van der Waals surface area contributed by atoms with Gasteiger partial charge in [0.2, 0.25) is 5.91 Å². The number of nitrogens with two attached hydrogens (primary N) is 1. The van der Waals surface area contributed by atoms with Gasteiger partial charge in [-0.2, -0.15) is 0 Å². The fourth-order valence-corrected chi connectivity index (χ4v) is 2.59. The third-order valence-corrected chi connectivity index (χ3v) is 3.76. The highest BCUT2D eigenvalue weighted by molar-refractivity contribution is 5.85. The van der Waals surface area contributed by atoms with Gasteiger partial charge < -0.3 is 15.6 Å². The lowest BCUT2D eigenvalue weighted by Gasteiger charge is -2.16. The maximum absolute atomic E-state index is 12.3. The van der Waals surface area contributed by atoms with E-state index in [1.807, 2.05) is 0 Å². The van der Waals surface area contributed by atoms with Crippen molar-refractivity contribution < 1.29 is 4.79 Å². The molecule has 0 spiro atoms. The second-order valence-corrected chi connectivity index (χ2v) is 5.26. The van der Waals surface area contributed by atoms with Crippen LogP contribution >= 0.6 is 12.4 Å². The summed E-state index contributed by atoms with van der Waals surface area (Å²) in [6.07, 6.45) is 0.745. The van der Waals surface area contributed by atoms with Gasteiger partial charge in [-0.25, -0.2) is 4.79 Å². The molecule has 1 amide bonds. The van der Waals surface area contributed by atoms with E-state index in [-0.39, 0.29) is 30.9 Å². The maximum Gasteiger partial charge on any atom is 0.329 e. The van der Waals surface area contributed by atoms with E-state index in [0.717, 1.165) is 11.0 Å². The average Bonchev–Trinajstić information content (AvgIpc) is 2.90. The number of aromatic nitrogens is 2. The van der Waals surface area contributed by atoms with Gasteiger partial charge in [0.15, 0.2) is 0 Å². The molecule has 0 saturated carbocycles. The van der Waals surface area contributed by atoms with Crippen LogP contribution in [-0.2, 0) is 11.3 Å². The molecular weight excluding hydrogens is 308 g/mol. The maximum atomic E-state index is 12.3. The molecule has 1 aromatic carbocycles. The number of fused-ring (bicyclic) bond motifs is 1. The number of halogens is 1. The van der Waals surface area contributed by atoms with Crippen LogP contribution in [0.15, 0.2) is 33.9 Å². The SMILES string of the molecule is Cl.N[C@@H]1CCN(C(=O)Cn2c(=O)[nH]c3ccccc3c2=O)C1. The third kappa shape index (κ3) is 2.90. The highest BCUT2D eigenvalue weighted by Crippen LogP contribution is 2.08. The molecule has 0 radical (unpaired) electrons. The lowest BCUT2D eigenvalue weighted by atomic mass is 10.2. The Hall–Kier alpha value is -2.12. The van der Waals surface area contributed by atoms with Gasteiger partial charge in [-0.15, -0.1) is 12.4 Å². The highest BCUT2D eigenvalue weighted by atomic mass is 35.5. The summed E-state index contributed by atoms with van der Waals surface area (Å²) in [6.45, 7) is 0.783. The molecule has 0 unspecified atom stereocenters. The van der Waals surface area contributed by atoms with Gasteiger partial charge in [0.1, 0.15) is 6.54 Å². The first-order valence-electron chi connectivity index (χ1n) is 6.81. The quantitative estimate of drug-likeness (QED) is 0.790. The Kier molecular flexibility index (Phi) is 4.68. The molecule has 22 heavy (non-hydrogen) atoms. The molecule has 1 aromatic heterocycles. The van der Waals surface area contributed by atoms with E-state index in [4.69, 9.17) is 5.73 Å². The van der Waals surface area contributed by atoms with Crippen molar-refractivity contribution in [2.24, 2.45) is 5.73 Å². The number of hydrogen-bond acceptors (Lipinski definition) is 4. The summed E-state index contributed by atoms with van der Waals surface area (Å²) in [5.74, 6) is -0.258. The van der Waals surface area contributed by atoms with Crippen LogP contribution in [0.3, 0.4) is 0 Å². The number of hydrogen-bond donors (Lipinski definition) is 2. The van der Waals surface area contributed by atoms with E-state index in [1.54, 1.807) is 29.2 Å². The minimum absolute atomic E-state index is 0. The van der Waals surface area contributed by atoms with Crippen molar-refractivity contribution in [3.8, 4) is 0 Å². The molecule has 2 aromatic rings. The van der Waals surface area contributed by atoms with E-state index in [9.17, 15) is 14.4 Å². The summed E-state index contributed by atoms with van der Waals surface area (Å²) in [6, 6.07) is 6.71. The zero-order valence-electron chi connectivity index (χ0n) is 11.8. The van der Waals surface area contributed by atoms with Crippen LogP contribution < -0.4 is 17.0 Å². The monoisotopic (exact) mass is 324 g/mol. The number of nitrogens with one attached hydrogen (secondary N) is 1. The molecule has 1 atom stereocenters. The lowest BCUT2D eigenvalue weighted by molar-refractivity contribution is -0.130. The van der Waals surface area contributed by atoms with Crippen LogP contribution in [0.1, 0.15) is 6.42 Å². The van der Waals surface area contributed by atoms with Crippen molar-refractivity contribution in [1.29, 1.82) is 0 Å². The lowest BCUT2D eigenvalue weighted by Crippen LogP contribution is -2.42. The predicted molar refractivity (Wildman–Crippen MR) is 85.2 cm³/mol. The van der Waals surface area contributed by atoms with Crippen LogP contribution in [0.25, 0.3) is 10.9 Å². The molecular formula is C14H17ClN4O3. The average molecular weight is 325 g/mol. The molecule has 118 valence electrons. The number of para-hydroxylation sites is 1. The first-order valence-corrected chi connectivity index (χ1v) is 6.81. The molecule has 2 heterocycles. The van der Waals surface area contributed by atoms with Gasteiger partial charge in [0.05, 0.1) is 10.9 Å². The summed E-state index contributed by atoms with van der Waals surface area (Å²) in [5.41, 5.74) is 5.21. The van der Waals surface area contributed by atoms with Crippen molar-refractivity contribution in [3.05, 3.63) is 45.1 Å². The summed E-state index contributed by atoms with van der Waals surface area (Å²) in [7, 11) is 0. The van der Waals surface area contributed by atoms with Crippen molar-refractivity contribution >= 4 is 29.2 Å². The van der Waals surface area contributed by atoms with Gasteiger partial charge in [0.25, 0.3) is 5.56 Å². The number of H-pyrrole nitrogens is 1. The number of nitrogens with zero attached hydrogens (tertiary/aromatic N) is 2. The zero-order valence-corrected chi connectivity index (χ0v) is 12.6. The summed E-state index contributed by atoms with van der Waals surface area (Å²) >= 11 is 0. The van der Waals surface area contributed by atoms with Crippen LogP contribution in [-0.4, -0.2) is 39.5 Å². The van der Waals surface area contributed by atoms with E-state index in [0.29, 0.717) is 24.0 Å². The Morgan fingerprint density at radius 2 is 2.05 bits per heavy atom. The Morgan fingerprint density at radius 1 is 1.32 bits per heavy atom. The molecule has 0 bridgehead atoms. The fraction of sp³-hybridized carbons (Fsp3) is 0.357. The number of rotatable bonds is 2. The van der Waals surface area contributed by atoms with E-state index < -0.39 is 11.2 Å². The number of carbonyl (C=O) groups is 1. The van der Waals surface area contributed by atoms with E-state index in [2.05, 4.69) is 4.98 Å². The topological polar surface area (TPSA) is 101 Å². The van der Waals surface area contributed by atoms with Gasteiger partial charge in [-0.1, -0.05) is 12.1 Å². The molecule has 8 heteroatoms. The summed E-state index contributed by atoms with van der Waals surface area (Å²) in [5, 5.41) is 0.392. The molecule has 0 aliphatic carbocycles. The second kappa shape index (κ2) is 6.33. The van der Waals surface area contributed by atoms with Crippen LogP contribution in [0.4, 0.5) is 0 Å².